The number of fused-ring (bicyclic) bond motifs is 1. The molecule has 0 unspecified atom stereocenters. The van der Waals surface area contributed by atoms with Crippen LogP contribution in [-0.2, 0) is 24.6 Å². The summed E-state index contributed by atoms with van der Waals surface area (Å²) in [4.78, 5) is 17.8. The molecule has 0 aliphatic rings. The van der Waals surface area contributed by atoms with Crippen molar-refractivity contribution in [2.24, 2.45) is 0 Å². The minimum Gasteiger partial charge on any atom is -0.455 e. The number of benzene rings is 2. The second-order valence-corrected chi connectivity index (χ2v) is 11.7. The topological polar surface area (TPSA) is 157 Å². The van der Waals surface area contributed by atoms with Gasteiger partial charge in [0.25, 0.3) is 25.8 Å². The molecule has 2 aromatic carbocycles. The molecule has 0 spiro atoms. The van der Waals surface area contributed by atoms with E-state index in [-0.39, 0.29) is 30.2 Å². The van der Waals surface area contributed by atoms with Gasteiger partial charge in [0.05, 0.1) is 29.0 Å². The molecule has 212 valence electrons. The number of hydrogen-bond donors (Lipinski definition) is 3. The van der Waals surface area contributed by atoms with Crippen LogP contribution in [0.5, 0.6) is 11.5 Å². The van der Waals surface area contributed by atoms with E-state index in [2.05, 4.69) is 15.3 Å². The number of methoxy groups -OCH3 is 1. The normalized spacial score (nSPS) is 12.3. The largest absolute Gasteiger partial charge is 0.501 e. The molecule has 40 heavy (non-hydrogen) atoms. The van der Waals surface area contributed by atoms with E-state index in [4.69, 9.17) is 9.47 Å². The van der Waals surface area contributed by atoms with Crippen LogP contribution >= 0.6 is 0 Å². The first kappa shape index (κ1) is 28.8. The number of aromatic amines is 1. The average Bonchev–Trinajstić information content (AvgIpc) is 3.36. The monoisotopic (exact) mass is 598 g/mol. The number of rotatable bonds is 10. The van der Waals surface area contributed by atoms with E-state index in [1.54, 1.807) is 23.1 Å². The van der Waals surface area contributed by atoms with Gasteiger partial charge in [-0.3, -0.25) is 4.79 Å². The number of halogens is 3. The number of ether oxygens (including phenoxy) is 2. The smallest absolute Gasteiger partial charge is 0.455 e. The van der Waals surface area contributed by atoms with Crippen LogP contribution in [0.15, 0.2) is 76.8 Å². The maximum atomic E-state index is 13.4. The van der Waals surface area contributed by atoms with Gasteiger partial charge in [0.15, 0.2) is 0 Å². The maximum Gasteiger partial charge on any atom is 0.501 e. The summed E-state index contributed by atoms with van der Waals surface area (Å²) in [5.41, 5.74) is -5.84. The van der Waals surface area contributed by atoms with Gasteiger partial charge in [0.1, 0.15) is 22.0 Å². The predicted octanol–water partition coefficient (Wildman–Crippen LogP) is 3.83. The van der Waals surface area contributed by atoms with Crippen LogP contribution in [-0.4, -0.2) is 58.5 Å². The Hall–Kier alpha value is -4.15. The summed E-state index contributed by atoms with van der Waals surface area (Å²) < 4.78 is 103. The minimum atomic E-state index is -5.97. The molecule has 0 radical (unpaired) electrons. The van der Waals surface area contributed by atoms with Gasteiger partial charge in [-0.2, -0.15) is 13.2 Å². The van der Waals surface area contributed by atoms with Gasteiger partial charge < -0.3 is 19.8 Å². The van der Waals surface area contributed by atoms with Crippen LogP contribution in [0.4, 0.5) is 18.9 Å². The van der Waals surface area contributed by atoms with Gasteiger partial charge in [0, 0.05) is 25.2 Å². The fourth-order valence-corrected chi connectivity index (χ4v) is 5.56. The molecule has 3 N–H and O–H groups in total. The number of aromatic nitrogens is 2. The summed E-state index contributed by atoms with van der Waals surface area (Å²) in [6, 6.07) is 11.1. The summed E-state index contributed by atoms with van der Waals surface area (Å²) in [5.74, 6) is -0.965. The molecular weight excluding hydrogens is 577 g/mol. The fourth-order valence-electron chi connectivity index (χ4n) is 3.53. The zero-order valence-corrected chi connectivity index (χ0v) is 22.2. The summed E-state index contributed by atoms with van der Waals surface area (Å²) in [5, 5.41) is 3.18. The first-order valence-corrected chi connectivity index (χ1v) is 14.3. The molecule has 1 amide bonds. The number of sulfonamides is 1. The Morgan fingerprint density at radius 2 is 1.80 bits per heavy atom. The summed E-state index contributed by atoms with van der Waals surface area (Å²) in [6.45, 7) is -0.0404. The van der Waals surface area contributed by atoms with E-state index in [1.165, 1.54) is 37.6 Å². The number of anilines is 1. The third kappa shape index (κ3) is 6.03. The van der Waals surface area contributed by atoms with E-state index in [1.807, 2.05) is 0 Å². The summed E-state index contributed by atoms with van der Waals surface area (Å²) in [7, 11) is -9.49. The highest BCUT2D eigenvalue weighted by Crippen LogP contribution is 2.36. The molecule has 0 bridgehead atoms. The van der Waals surface area contributed by atoms with E-state index < -0.39 is 46.8 Å². The van der Waals surface area contributed by atoms with Crippen molar-refractivity contribution in [2.45, 2.75) is 15.3 Å². The van der Waals surface area contributed by atoms with Crippen molar-refractivity contribution in [3.8, 4) is 11.5 Å². The van der Waals surface area contributed by atoms with Gasteiger partial charge in [-0.1, -0.05) is 12.1 Å². The quantitative estimate of drug-likeness (QED) is 0.231. The fraction of sp³-hybridized carbons (Fsp3) is 0.167. The zero-order chi connectivity index (χ0) is 29.1. The zero-order valence-electron chi connectivity index (χ0n) is 20.5. The number of nitrogens with zero attached hydrogens (tertiary/aromatic N) is 1. The number of amides is 1. The Bertz CT molecular complexity index is 1770. The SMILES string of the molecule is COCCNc1ccc(S(=O)(=O)NC(=O)c2ccccc2Oc2cnc3[nH]ccc3c2)cc1S(=O)(=O)C(F)(F)F. The van der Waals surface area contributed by atoms with Crippen molar-refractivity contribution < 1.29 is 44.3 Å². The third-order valence-electron chi connectivity index (χ3n) is 5.44. The van der Waals surface area contributed by atoms with Crippen molar-refractivity contribution >= 4 is 42.5 Å². The number of hydrogen-bond acceptors (Lipinski definition) is 9. The highest BCUT2D eigenvalue weighted by Gasteiger charge is 2.48. The average molecular weight is 599 g/mol. The molecule has 4 rings (SSSR count). The highest BCUT2D eigenvalue weighted by atomic mass is 32.2. The van der Waals surface area contributed by atoms with Crippen molar-refractivity contribution in [3.63, 3.8) is 0 Å². The maximum absolute atomic E-state index is 13.4. The number of pyridine rings is 1. The lowest BCUT2D eigenvalue weighted by Gasteiger charge is -2.16. The second kappa shape index (κ2) is 11.1. The van der Waals surface area contributed by atoms with Crippen molar-refractivity contribution in [2.75, 3.05) is 25.6 Å². The number of carbonyl (C=O) groups excluding carboxylic acids is 1. The predicted molar refractivity (Wildman–Crippen MR) is 137 cm³/mol. The van der Waals surface area contributed by atoms with Gasteiger partial charge in [-0.05, 0) is 42.5 Å². The molecule has 0 aliphatic heterocycles. The molecule has 0 aliphatic carbocycles. The number of H-pyrrole nitrogens is 1. The van der Waals surface area contributed by atoms with Crippen LogP contribution < -0.4 is 14.8 Å². The molecule has 11 nitrogen and oxygen atoms in total. The second-order valence-electron chi connectivity index (χ2n) is 8.15. The Morgan fingerprint density at radius 3 is 2.52 bits per heavy atom. The number of nitrogens with one attached hydrogen (secondary N) is 3. The van der Waals surface area contributed by atoms with Crippen LogP contribution in [0.2, 0.25) is 0 Å². The number of para-hydroxylation sites is 1. The van der Waals surface area contributed by atoms with Gasteiger partial charge in [-0.15, -0.1) is 0 Å². The van der Waals surface area contributed by atoms with Gasteiger partial charge in [-0.25, -0.2) is 26.5 Å². The van der Waals surface area contributed by atoms with E-state index in [9.17, 15) is 34.8 Å². The van der Waals surface area contributed by atoms with Gasteiger partial charge in [0.2, 0.25) is 0 Å². The molecule has 4 aromatic rings. The molecule has 0 atom stereocenters. The third-order valence-corrected chi connectivity index (χ3v) is 8.30. The lowest BCUT2D eigenvalue weighted by Crippen LogP contribution is -2.31. The minimum absolute atomic E-state index is 0.0260. The number of carbonyl (C=O) groups is 1. The Kier molecular flexibility index (Phi) is 8.04. The van der Waals surface area contributed by atoms with Crippen molar-refractivity contribution in [1.29, 1.82) is 0 Å². The Labute approximate surface area is 226 Å². The van der Waals surface area contributed by atoms with Crippen LogP contribution in [0.25, 0.3) is 11.0 Å². The van der Waals surface area contributed by atoms with Crippen LogP contribution in [0, 0.1) is 0 Å². The van der Waals surface area contributed by atoms with E-state index in [0.29, 0.717) is 17.1 Å². The lowest BCUT2D eigenvalue weighted by atomic mass is 10.2. The standard InChI is InChI=1S/C24H21F3N4O7S2/c1-37-11-10-28-19-7-6-17(13-21(19)39(33,34)24(25,26)27)40(35,36)31-23(32)18-4-2-3-5-20(18)38-16-12-15-8-9-29-22(15)30-14-16/h2-9,12-14,28H,10-11H2,1H3,(H,29,30)(H,31,32). The number of sulfone groups is 1. The summed E-state index contributed by atoms with van der Waals surface area (Å²) in [6.07, 6.45) is 3.05. The molecular formula is C24H21F3N4O7S2. The van der Waals surface area contributed by atoms with E-state index >= 15 is 0 Å². The number of alkyl halides is 3. The first-order valence-electron chi connectivity index (χ1n) is 11.3. The molecule has 2 heterocycles. The molecule has 2 aromatic heterocycles. The highest BCUT2D eigenvalue weighted by molar-refractivity contribution is 7.92. The van der Waals surface area contributed by atoms with Crippen LogP contribution in [0.1, 0.15) is 10.4 Å². The lowest BCUT2D eigenvalue weighted by molar-refractivity contribution is -0.0435. The summed E-state index contributed by atoms with van der Waals surface area (Å²) >= 11 is 0. The Morgan fingerprint density at radius 1 is 1.05 bits per heavy atom. The molecule has 0 saturated heterocycles. The molecule has 0 saturated carbocycles. The van der Waals surface area contributed by atoms with E-state index in [0.717, 1.165) is 12.1 Å². The van der Waals surface area contributed by atoms with Gasteiger partial charge >= 0.3 is 5.51 Å². The molecule has 0 fully saturated rings. The van der Waals surface area contributed by atoms with Crippen LogP contribution in [0.3, 0.4) is 0 Å². The first-order chi connectivity index (χ1) is 18.8. The van der Waals surface area contributed by atoms with Crippen molar-refractivity contribution in [1.82, 2.24) is 14.7 Å². The van der Waals surface area contributed by atoms with Crippen molar-refractivity contribution in [3.05, 3.63) is 72.6 Å². The Balaban J connectivity index is 1.64. The molecule has 16 heteroatoms.